The molecule has 0 bridgehead atoms. The van der Waals surface area contributed by atoms with Crippen LogP contribution in [0.15, 0.2) is 207 Å². The molecule has 3 aromatic heterocycles. The van der Waals surface area contributed by atoms with E-state index >= 15 is 0 Å². The third-order valence-electron chi connectivity index (χ3n) is 11.0. The van der Waals surface area contributed by atoms with E-state index in [-0.39, 0.29) is 0 Å². The summed E-state index contributed by atoms with van der Waals surface area (Å²) < 4.78 is 4.49. The Labute approximate surface area is 324 Å². The van der Waals surface area contributed by atoms with E-state index in [0.717, 1.165) is 38.5 Å². The Morgan fingerprint density at radius 2 is 0.554 bits per heavy atom. The average molecular weight is 715 g/mol. The molecule has 11 rings (SSSR count). The molecule has 4 heteroatoms. The van der Waals surface area contributed by atoms with Crippen LogP contribution in [0, 0.1) is 0 Å². The van der Waals surface area contributed by atoms with Gasteiger partial charge in [0.15, 0.2) is 0 Å². The van der Waals surface area contributed by atoms with Crippen LogP contribution in [0.2, 0.25) is 0 Å². The Bertz CT molecular complexity index is 2790. The molecule has 0 unspecified atom stereocenters. The Kier molecular flexibility index (Phi) is 7.46. The van der Waals surface area contributed by atoms with E-state index in [1.165, 1.54) is 55.3 Å². The first kappa shape index (κ1) is 31.9. The number of hydrogen-bond acceptors (Lipinski definition) is 2. The average Bonchev–Trinajstić information content (AvgIpc) is 3.79. The van der Waals surface area contributed by atoms with Gasteiger partial charge in [0.05, 0.1) is 40.1 Å². The number of fused-ring (bicyclic) bond motifs is 6. The summed E-state index contributed by atoms with van der Waals surface area (Å²) in [5, 5.41) is 4.71. The number of aromatic nitrogens is 4. The second-order valence-electron chi connectivity index (χ2n) is 14.3. The van der Waals surface area contributed by atoms with Gasteiger partial charge in [0.2, 0.25) is 5.95 Å². The van der Waals surface area contributed by atoms with Gasteiger partial charge in [-0.1, -0.05) is 146 Å². The lowest BCUT2D eigenvalue weighted by Crippen LogP contribution is -2.03. The molecule has 0 aliphatic carbocycles. The monoisotopic (exact) mass is 714 g/mol. The summed E-state index contributed by atoms with van der Waals surface area (Å²) in [5.74, 6) is 0.632. The van der Waals surface area contributed by atoms with Crippen LogP contribution in [0.5, 0.6) is 0 Å². The first-order valence-electron chi connectivity index (χ1n) is 19.0. The highest BCUT2D eigenvalue weighted by atomic mass is 15.2. The van der Waals surface area contributed by atoms with Crippen LogP contribution in [0.3, 0.4) is 0 Å². The van der Waals surface area contributed by atoms with E-state index < -0.39 is 0 Å². The maximum atomic E-state index is 5.11. The van der Waals surface area contributed by atoms with Crippen molar-refractivity contribution in [1.82, 2.24) is 19.1 Å². The zero-order valence-corrected chi connectivity index (χ0v) is 30.4. The summed E-state index contributed by atoms with van der Waals surface area (Å²) in [6, 6.07) is 69.3. The summed E-state index contributed by atoms with van der Waals surface area (Å²) in [4.78, 5) is 10.2. The van der Waals surface area contributed by atoms with Crippen molar-refractivity contribution in [3.63, 3.8) is 0 Å². The van der Waals surface area contributed by atoms with Crippen LogP contribution >= 0.6 is 0 Å². The van der Waals surface area contributed by atoms with Gasteiger partial charge in [0, 0.05) is 21.5 Å². The fourth-order valence-electron chi connectivity index (χ4n) is 8.33. The van der Waals surface area contributed by atoms with Gasteiger partial charge < -0.3 is 4.57 Å². The smallest absolute Gasteiger partial charge is 0.234 e. The molecule has 0 spiro atoms. The Hall–Kier alpha value is -7.56. The molecular weight excluding hydrogens is 681 g/mol. The van der Waals surface area contributed by atoms with Gasteiger partial charge in [-0.15, -0.1) is 0 Å². The van der Waals surface area contributed by atoms with Crippen molar-refractivity contribution in [2.24, 2.45) is 0 Å². The van der Waals surface area contributed by atoms with Gasteiger partial charge in [-0.05, 0) is 93.0 Å². The van der Waals surface area contributed by atoms with Crippen LogP contribution in [0.25, 0.3) is 99.8 Å². The Balaban J connectivity index is 1.08. The molecule has 0 atom stereocenters. The van der Waals surface area contributed by atoms with E-state index in [1.807, 2.05) is 12.4 Å². The van der Waals surface area contributed by atoms with Gasteiger partial charge in [0.1, 0.15) is 0 Å². The maximum Gasteiger partial charge on any atom is 0.234 e. The standard InChI is InChI=1S/C52H34N4/c1-5-13-35(14-6-1)39-21-25-48-44(29-39)45-30-40(36-15-7-2-8-16-36)22-26-49(45)55(48)43-33-53-52(54-34-43)56-50-27-23-41(37-17-9-3-10-18-37)31-46(50)47-32-42(24-28-51(47)56)38-19-11-4-12-20-38/h1-34H. The van der Waals surface area contributed by atoms with Gasteiger partial charge >= 0.3 is 0 Å². The van der Waals surface area contributed by atoms with E-state index in [9.17, 15) is 0 Å². The third kappa shape index (κ3) is 5.31. The van der Waals surface area contributed by atoms with Crippen molar-refractivity contribution < 1.29 is 0 Å². The summed E-state index contributed by atoms with van der Waals surface area (Å²) in [6.45, 7) is 0. The molecule has 0 amide bonds. The second kappa shape index (κ2) is 13.1. The SMILES string of the molecule is c1ccc(-c2ccc3c(c2)c2cc(-c4ccccc4)ccc2n3-c2cnc(-n3c4ccc(-c5ccccc5)cc4c4cc(-c5ccccc5)ccc43)nc2)cc1. The fraction of sp³-hybridized carbons (Fsp3) is 0. The van der Waals surface area contributed by atoms with Gasteiger partial charge in [0.25, 0.3) is 0 Å². The van der Waals surface area contributed by atoms with Crippen LogP contribution in [0.1, 0.15) is 0 Å². The van der Waals surface area contributed by atoms with Crippen molar-refractivity contribution >= 4 is 43.6 Å². The summed E-state index contributed by atoms with van der Waals surface area (Å²) >= 11 is 0. The van der Waals surface area contributed by atoms with Gasteiger partial charge in [-0.25, -0.2) is 9.97 Å². The molecule has 0 fully saturated rings. The number of nitrogens with zero attached hydrogens (tertiary/aromatic N) is 4. The predicted molar refractivity (Wildman–Crippen MR) is 232 cm³/mol. The molecule has 3 heterocycles. The van der Waals surface area contributed by atoms with Crippen LogP contribution in [0.4, 0.5) is 0 Å². The summed E-state index contributed by atoms with van der Waals surface area (Å²) in [5.41, 5.74) is 14.8. The van der Waals surface area contributed by atoms with Crippen molar-refractivity contribution in [2.45, 2.75) is 0 Å². The van der Waals surface area contributed by atoms with Crippen molar-refractivity contribution in [3.8, 4) is 56.1 Å². The fourth-order valence-corrected chi connectivity index (χ4v) is 8.33. The molecule has 56 heavy (non-hydrogen) atoms. The second-order valence-corrected chi connectivity index (χ2v) is 14.3. The first-order chi connectivity index (χ1) is 27.8. The zero-order valence-electron chi connectivity index (χ0n) is 30.4. The lowest BCUT2D eigenvalue weighted by Gasteiger charge is -2.11. The largest absolute Gasteiger partial charge is 0.306 e. The molecule has 0 saturated heterocycles. The van der Waals surface area contributed by atoms with E-state index in [0.29, 0.717) is 5.95 Å². The minimum atomic E-state index is 0.632. The van der Waals surface area contributed by atoms with E-state index in [4.69, 9.17) is 9.97 Å². The van der Waals surface area contributed by atoms with Crippen molar-refractivity contribution in [2.75, 3.05) is 0 Å². The quantitative estimate of drug-likeness (QED) is 0.172. The number of benzene rings is 8. The molecule has 8 aromatic carbocycles. The molecule has 11 aromatic rings. The molecule has 262 valence electrons. The number of hydrogen-bond donors (Lipinski definition) is 0. The van der Waals surface area contributed by atoms with Gasteiger partial charge in [-0.2, -0.15) is 0 Å². The lowest BCUT2D eigenvalue weighted by molar-refractivity contribution is 0.968. The minimum absolute atomic E-state index is 0.632. The highest BCUT2D eigenvalue weighted by Gasteiger charge is 2.19. The molecule has 0 aliphatic rings. The van der Waals surface area contributed by atoms with Crippen LogP contribution in [-0.4, -0.2) is 19.1 Å². The molecule has 0 aliphatic heterocycles. The van der Waals surface area contributed by atoms with Crippen LogP contribution in [-0.2, 0) is 0 Å². The molecule has 0 radical (unpaired) electrons. The van der Waals surface area contributed by atoms with E-state index in [2.05, 4.69) is 203 Å². The highest BCUT2D eigenvalue weighted by molar-refractivity contribution is 6.13. The topological polar surface area (TPSA) is 35.6 Å². The Morgan fingerprint density at radius 3 is 0.857 bits per heavy atom. The minimum Gasteiger partial charge on any atom is -0.306 e. The highest BCUT2D eigenvalue weighted by Crippen LogP contribution is 2.39. The number of rotatable bonds is 6. The summed E-state index contributed by atoms with van der Waals surface area (Å²) in [6.07, 6.45) is 3.93. The molecule has 0 N–H and O–H groups in total. The predicted octanol–water partition coefficient (Wildman–Crippen LogP) is 13.3. The van der Waals surface area contributed by atoms with Gasteiger partial charge in [-0.3, -0.25) is 4.57 Å². The van der Waals surface area contributed by atoms with Crippen molar-refractivity contribution in [1.29, 1.82) is 0 Å². The third-order valence-corrected chi connectivity index (χ3v) is 11.0. The Morgan fingerprint density at radius 1 is 0.268 bits per heavy atom. The molecular formula is C52H34N4. The summed E-state index contributed by atoms with van der Waals surface area (Å²) in [7, 11) is 0. The van der Waals surface area contributed by atoms with Crippen LogP contribution < -0.4 is 0 Å². The normalized spacial score (nSPS) is 11.6. The maximum absolute atomic E-state index is 5.11. The molecule has 4 nitrogen and oxygen atoms in total. The molecule has 0 saturated carbocycles. The van der Waals surface area contributed by atoms with E-state index in [1.54, 1.807) is 0 Å². The van der Waals surface area contributed by atoms with Crippen molar-refractivity contribution in [3.05, 3.63) is 207 Å². The zero-order chi connectivity index (χ0) is 37.0. The lowest BCUT2D eigenvalue weighted by atomic mass is 10.0. The first-order valence-corrected chi connectivity index (χ1v) is 19.0.